The molecule has 0 spiro atoms. The van der Waals surface area contributed by atoms with Crippen LogP contribution in [0.2, 0.25) is 0 Å². The lowest BCUT2D eigenvalue weighted by atomic mass is 10.0. The van der Waals surface area contributed by atoms with Gasteiger partial charge < -0.3 is 30.4 Å². The first kappa shape index (κ1) is 22.0. The summed E-state index contributed by atoms with van der Waals surface area (Å²) in [6.45, 7) is 0.220. The van der Waals surface area contributed by atoms with Crippen LogP contribution in [-0.4, -0.2) is 45.5 Å². The molecule has 29 heavy (non-hydrogen) atoms. The molecule has 1 aromatic carbocycles. The molecule has 8 nitrogen and oxygen atoms in total. The van der Waals surface area contributed by atoms with Crippen LogP contribution in [0.4, 0.5) is 11.4 Å². The van der Waals surface area contributed by atoms with E-state index in [1.807, 2.05) is 12.2 Å². The first-order chi connectivity index (χ1) is 13.9. The van der Waals surface area contributed by atoms with Crippen LogP contribution in [0.25, 0.3) is 0 Å². The standard InChI is InChI=1S/C21H26N2O6/c1-26-18-6-4-14(19(13-18)27-2)5-7-20(24)28-8-3-9-29-21(25)15-10-16(22)12-17(23)11-15/h4-7,10-12,18H,3,8-9,13,22-23H2,1-2H3/b7-5+. The van der Waals surface area contributed by atoms with Crippen LogP contribution >= 0.6 is 0 Å². The van der Waals surface area contributed by atoms with Crippen molar-refractivity contribution < 1.29 is 28.5 Å². The molecule has 4 N–H and O–H groups in total. The smallest absolute Gasteiger partial charge is 0.338 e. The number of allylic oxidation sites excluding steroid dienone is 3. The number of nitrogen functional groups attached to an aromatic ring is 2. The second-order valence-corrected chi connectivity index (χ2v) is 6.30. The van der Waals surface area contributed by atoms with Crippen molar-refractivity contribution in [1.29, 1.82) is 0 Å². The summed E-state index contributed by atoms with van der Waals surface area (Å²) in [6.07, 6.45) is 7.62. The molecular weight excluding hydrogens is 376 g/mol. The number of esters is 2. The van der Waals surface area contributed by atoms with Crippen LogP contribution in [0.1, 0.15) is 23.2 Å². The number of rotatable bonds is 9. The molecule has 0 aliphatic heterocycles. The Kier molecular flexibility index (Phi) is 8.29. The highest BCUT2D eigenvalue weighted by Crippen LogP contribution is 2.22. The van der Waals surface area contributed by atoms with Crippen molar-refractivity contribution in [3.05, 3.63) is 59.4 Å². The fourth-order valence-electron chi connectivity index (χ4n) is 2.66. The Hall–Kier alpha value is -3.26. The minimum absolute atomic E-state index is 0.0412. The highest BCUT2D eigenvalue weighted by molar-refractivity contribution is 5.91. The van der Waals surface area contributed by atoms with Gasteiger partial charge in [0.15, 0.2) is 0 Å². The predicted molar refractivity (Wildman–Crippen MR) is 109 cm³/mol. The maximum atomic E-state index is 11.9. The van der Waals surface area contributed by atoms with Crippen LogP contribution in [0, 0.1) is 0 Å². The van der Waals surface area contributed by atoms with Gasteiger partial charge in [-0.05, 0) is 24.3 Å². The average Bonchev–Trinajstić information content (AvgIpc) is 2.70. The molecule has 0 saturated heterocycles. The minimum atomic E-state index is -0.535. The molecule has 1 atom stereocenters. The van der Waals surface area contributed by atoms with E-state index in [9.17, 15) is 9.59 Å². The number of benzene rings is 1. The van der Waals surface area contributed by atoms with Gasteiger partial charge >= 0.3 is 11.9 Å². The molecule has 1 aromatic rings. The lowest BCUT2D eigenvalue weighted by Gasteiger charge is -2.19. The average molecular weight is 402 g/mol. The second kappa shape index (κ2) is 10.9. The van der Waals surface area contributed by atoms with Crippen molar-refractivity contribution in [2.45, 2.75) is 18.9 Å². The van der Waals surface area contributed by atoms with Gasteiger partial charge in [0.2, 0.25) is 0 Å². The highest BCUT2D eigenvalue weighted by Gasteiger charge is 2.15. The number of hydrogen-bond acceptors (Lipinski definition) is 8. The van der Waals surface area contributed by atoms with E-state index in [0.717, 1.165) is 11.3 Å². The zero-order chi connectivity index (χ0) is 21.2. The number of ether oxygens (including phenoxy) is 4. The Balaban J connectivity index is 1.72. The summed E-state index contributed by atoms with van der Waals surface area (Å²) in [7, 11) is 3.20. The van der Waals surface area contributed by atoms with Gasteiger partial charge in [0, 0.05) is 43.0 Å². The quantitative estimate of drug-likeness (QED) is 0.279. The monoisotopic (exact) mass is 402 g/mol. The van der Waals surface area contributed by atoms with Crippen molar-refractivity contribution in [2.75, 3.05) is 38.9 Å². The lowest BCUT2D eigenvalue weighted by Crippen LogP contribution is -2.13. The topological polar surface area (TPSA) is 123 Å². The molecule has 0 aromatic heterocycles. The number of methoxy groups -OCH3 is 2. The Bertz CT molecular complexity index is 808. The number of carbonyl (C=O) groups excluding carboxylic acids is 2. The summed E-state index contributed by atoms with van der Waals surface area (Å²) in [5, 5.41) is 0. The Morgan fingerprint density at radius 2 is 1.79 bits per heavy atom. The van der Waals surface area contributed by atoms with Crippen molar-refractivity contribution in [1.82, 2.24) is 0 Å². The normalized spacial score (nSPS) is 16.1. The first-order valence-corrected chi connectivity index (χ1v) is 9.09. The zero-order valence-electron chi connectivity index (χ0n) is 16.6. The maximum Gasteiger partial charge on any atom is 0.338 e. The first-order valence-electron chi connectivity index (χ1n) is 9.09. The molecule has 0 bridgehead atoms. The second-order valence-electron chi connectivity index (χ2n) is 6.30. The van der Waals surface area contributed by atoms with E-state index in [2.05, 4.69) is 0 Å². The van der Waals surface area contributed by atoms with Crippen LogP contribution < -0.4 is 11.5 Å². The van der Waals surface area contributed by atoms with Gasteiger partial charge in [0.25, 0.3) is 0 Å². The molecule has 0 fully saturated rings. The largest absolute Gasteiger partial charge is 0.500 e. The number of hydrogen-bond donors (Lipinski definition) is 2. The fourth-order valence-corrected chi connectivity index (χ4v) is 2.66. The lowest BCUT2D eigenvalue weighted by molar-refractivity contribution is -0.138. The number of anilines is 2. The van der Waals surface area contributed by atoms with Crippen molar-refractivity contribution in [3.63, 3.8) is 0 Å². The van der Waals surface area contributed by atoms with Crippen LogP contribution in [-0.2, 0) is 23.7 Å². The van der Waals surface area contributed by atoms with Crippen LogP contribution in [0.5, 0.6) is 0 Å². The predicted octanol–water partition coefficient (Wildman–Crippen LogP) is 2.37. The van der Waals surface area contributed by atoms with E-state index in [1.165, 1.54) is 18.2 Å². The zero-order valence-corrected chi connectivity index (χ0v) is 16.6. The van der Waals surface area contributed by atoms with E-state index >= 15 is 0 Å². The van der Waals surface area contributed by atoms with Gasteiger partial charge in [0.1, 0.15) is 5.76 Å². The maximum absolute atomic E-state index is 11.9. The minimum Gasteiger partial charge on any atom is -0.500 e. The molecule has 1 aliphatic carbocycles. The van der Waals surface area contributed by atoms with Gasteiger partial charge in [-0.3, -0.25) is 0 Å². The summed E-state index contributed by atoms with van der Waals surface area (Å²) in [4.78, 5) is 23.8. The Morgan fingerprint density at radius 1 is 1.10 bits per heavy atom. The Morgan fingerprint density at radius 3 is 2.45 bits per heavy atom. The van der Waals surface area contributed by atoms with Gasteiger partial charge in [-0.2, -0.15) is 0 Å². The van der Waals surface area contributed by atoms with Crippen LogP contribution in [0.3, 0.4) is 0 Å². The van der Waals surface area contributed by atoms with E-state index in [4.69, 9.17) is 30.4 Å². The van der Waals surface area contributed by atoms with Gasteiger partial charge in [-0.25, -0.2) is 9.59 Å². The summed E-state index contributed by atoms with van der Waals surface area (Å²) < 4.78 is 20.8. The van der Waals surface area contributed by atoms with Crippen molar-refractivity contribution in [2.24, 2.45) is 0 Å². The Labute approximate surface area is 169 Å². The molecule has 0 radical (unpaired) electrons. The van der Waals surface area contributed by atoms with E-state index < -0.39 is 11.9 Å². The summed E-state index contributed by atoms with van der Waals surface area (Å²) in [6, 6.07) is 4.52. The molecule has 156 valence electrons. The SMILES string of the molecule is COC1=C(/C=C/C(=O)OCCCOC(=O)c2cc(N)cc(N)c2)C=CC(OC)C1. The highest BCUT2D eigenvalue weighted by atomic mass is 16.5. The van der Waals surface area contributed by atoms with E-state index in [-0.39, 0.29) is 24.9 Å². The summed E-state index contributed by atoms with van der Waals surface area (Å²) in [5.41, 5.74) is 13.1. The number of carbonyl (C=O) groups is 2. The summed E-state index contributed by atoms with van der Waals surface area (Å²) >= 11 is 0. The molecule has 1 aliphatic rings. The third-order valence-corrected chi connectivity index (χ3v) is 4.13. The van der Waals surface area contributed by atoms with E-state index in [0.29, 0.717) is 24.2 Å². The molecule has 1 unspecified atom stereocenters. The molecule has 0 heterocycles. The fraction of sp³-hybridized carbons (Fsp3) is 0.333. The molecule has 8 heteroatoms. The third-order valence-electron chi connectivity index (χ3n) is 4.13. The van der Waals surface area contributed by atoms with Crippen molar-refractivity contribution in [3.8, 4) is 0 Å². The third kappa shape index (κ3) is 7.00. The van der Waals surface area contributed by atoms with Crippen molar-refractivity contribution >= 4 is 23.3 Å². The number of nitrogens with two attached hydrogens (primary N) is 2. The van der Waals surface area contributed by atoms with Crippen LogP contribution in [0.15, 0.2) is 53.8 Å². The molecule has 2 rings (SSSR count). The van der Waals surface area contributed by atoms with E-state index in [1.54, 1.807) is 26.4 Å². The van der Waals surface area contributed by atoms with Gasteiger partial charge in [0.05, 0.1) is 32.0 Å². The van der Waals surface area contributed by atoms with Gasteiger partial charge in [-0.15, -0.1) is 0 Å². The molecular formula is C21H26N2O6. The molecule has 0 saturated carbocycles. The summed E-state index contributed by atoms with van der Waals surface area (Å²) in [5.74, 6) is -0.296. The molecule has 0 amide bonds. The van der Waals surface area contributed by atoms with Gasteiger partial charge in [-0.1, -0.05) is 12.2 Å².